The average molecular weight is 315 g/mol. The van der Waals surface area contributed by atoms with Gasteiger partial charge in [0.1, 0.15) is 13.2 Å². The molecule has 0 radical (unpaired) electrons. The third kappa shape index (κ3) is 5.17. The molecule has 0 aliphatic heterocycles. The maximum Gasteiger partial charge on any atom is 0.411 e. The first-order chi connectivity index (χ1) is 10.4. The van der Waals surface area contributed by atoms with Gasteiger partial charge in [0.2, 0.25) is 5.88 Å². The smallest absolute Gasteiger partial charge is 0.411 e. The highest BCUT2D eigenvalue weighted by Crippen LogP contribution is 2.17. The molecule has 0 aliphatic carbocycles. The average Bonchev–Trinajstić information content (AvgIpc) is 2.46. The fraction of sp³-hybridized carbons (Fsp3) is 0.308. The van der Waals surface area contributed by atoms with E-state index in [1.54, 1.807) is 6.07 Å². The molecule has 118 valence electrons. The van der Waals surface area contributed by atoms with E-state index >= 15 is 0 Å². The van der Waals surface area contributed by atoms with Crippen LogP contribution in [-0.4, -0.2) is 40.9 Å². The van der Waals surface area contributed by atoms with Crippen LogP contribution in [0.1, 0.15) is 0 Å². The van der Waals surface area contributed by atoms with Crippen LogP contribution in [0.3, 0.4) is 0 Å². The molecule has 0 bridgehead atoms. The molecule has 2 aromatic heterocycles. The number of rotatable bonds is 6. The number of hydrogen-bond donors (Lipinski definition) is 1. The second-order valence-corrected chi connectivity index (χ2v) is 4.20. The first-order valence-electron chi connectivity index (χ1n) is 6.22. The molecule has 0 fully saturated rings. The predicted octanol–water partition coefficient (Wildman–Crippen LogP) is 1.79. The number of pyridine rings is 1. The van der Waals surface area contributed by atoms with E-state index in [2.05, 4.69) is 19.7 Å². The molecule has 0 saturated carbocycles. The zero-order chi connectivity index (χ0) is 16.0. The van der Waals surface area contributed by atoms with Crippen LogP contribution in [0.25, 0.3) is 11.3 Å². The Bertz CT molecular complexity index is 656. The number of halogens is 3. The Balaban J connectivity index is 1.84. The second kappa shape index (κ2) is 7.03. The van der Waals surface area contributed by atoms with E-state index < -0.39 is 12.8 Å². The summed E-state index contributed by atoms with van der Waals surface area (Å²) >= 11 is 0. The molecule has 2 heterocycles. The van der Waals surface area contributed by atoms with Crippen molar-refractivity contribution in [2.45, 2.75) is 6.18 Å². The molecule has 2 aromatic rings. The number of nitrogens with zero attached hydrogens (tertiary/aromatic N) is 2. The molecule has 0 amide bonds. The molecule has 1 N–H and O–H groups in total. The highest BCUT2D eigenvalue weighted by Gasteiger charge is 2.27. The maximum absolute atomic E-state index is 11.8. The number of ether oxygens (including phenoxy) is 2. The molecule has 6 nitrogen and oxygen atoms in total. The van der Waals surface area contributed by atoms with Gasteiger partial charge in [-0.25, -0.2) is 9.97 Å². The van der Waals surface area contributed by atoms with Crippen molar-refractivity contribution in [2.24, 2.45) is 0 Å². The Hall–Kier alpha value is -2.42. The highest BCUT2D eigenvalue weighted by atomic mass is 19.4. The van der Waals surface area contributed by atoms with Crippen molar-refractivity contribution in [2.75, 3.05) is 19.8 Å². The van der Waals surface area contributed by atoms with E-state index in [0.29, 0.717) is 11.3 Å². The van der Waals surface area contributed by atoms with Gasteiger partial charge in [-0.15, -0.1) is 0 Å². The number of aromatic nitrogens is 3. The first-order valence-corrected chi connectivity index (χ1v) is 6.22. The summed E-state index contributed by atoms with van der Waals surface area (Å²) in [5, 5.41) is 0. The fourth-order valence-corrected chi connectivity index (χ4v) is 1.54. The van der Waals surface area contributed by atoms with E-state index in [4.69, 9.17) is 4.74 Å². The molecule has 2 rings (SSSR count). The fourth-order valence-electron chi connectivity index (χ4n) is 1.54. The molecule has 9 heteroatoms. The van der Waals surface area contributed by atoms with E-state index in [0.717, 1.165) is 0 Å². The Labute approximate surface area is 122 Å². The van der Waals surface area contributed by atoms with Crippen molar-refractivity contribution in [1.82, 2.24) is 15.0 Å². The molecule has 0 saturated heterocycles. The third-order valence-electron chi connectivity index (χ3n) is 2.45. The summed E-state index contributed by atoms with van der Waals surface area (Å²) in [6.45, 7) is -1.55. The number of hydrogen-bond acceptors (Lipinski definition) is 5. The predicted molar refractivity (Wildman–Crippen MR) is 70.5 cm³/mol. The Kier molecular flexibility index (Phi) is 5.10. The largest absolute Gasteiger partial charge is 0.475 e. The zero-order valence-electron chi connectivity index (χ0n) is 11.3. The Morgan fingerprint density at radius 3 is 2.64 bits per heavy atom. The number of aromatic amines is 1. The topological polar surface area (TPSA) is 77.1 Å². The zero-order valence-corrected chi connectivity index (χ0v) is 11.3. The Morgan fingerprint density at radius 1 is 1.18 bits per heavy atom. The van der Waals surface area contributed by atoms with Crippen molar-refractivity contribution in [3.63, 3.8) is 0 Å². The van der Waals surface area contributed by atoms with E-state index in [9.17, 15) is 18.0 Å². The maximum atomic E-state index is 11.8. The van der Waals surface area contributed by atoms with Gasteiger partial charge in [-0.1, -0.05) is 0 Å². The molecular weight excluding hydrogens is 303 g/mol. The standard InChI is InChI=1S/C13H12F3N3O3/c14-13(15,16)7-21-3-4-22-12-2-1-9(6-17-12)10-5-11(20)19-8-18-10/h1-2,5-6,8H,3-4,7H2,(H,18,19,20). The van der Waals surface area contributed by atoms with Crippen LogP contribution in [0.4, 0.5) is 13.2 Å². The molecule has 0 atom stereocenters. The molecule has 0 aliphatic rings. The summed E-state index contributed by atoms with van der Waals surface area (Å²) in [7, 11) is 0. The van der Waals surface area contributed by atoms with Crippen molar-refractivity contribution in [3.05, 3.63) is 41.1 Å². The van der Waals surface area contributed by atoms with Crippen LogP contribution >= 0.6 is 0 Å². The molecule has 0 aromatic carbocycles. The summed E-state index contributed by atoms with van der Waals surface area (Å²) < 4.78 is 45.0. The minimum Gasteiger partial charge on any atom is -0.475 e. The number of alkyl halides is 3. The highest BCUT2D eigenvalue weighted by molar-refractivity contribution is 5.57. The van der Waals surface area contributed by atoms with Crippen LogP contribution in [-0.2, 0) is 4.74 Å². The van der Waals surface area contributed by atoms with Crippen molar-refractivity contribution in [1.29, 1.82) is 0 Å². The summed E-state index contributed by atoms with van der Waals surface area (Å²) in [6, 6.07) is 4.49. The lowest BCUT2D eigenvalue weighted by atomic mass is 10.2. The SMILES string of the molecule is O=c1cc(-c2ccc(OCCOCC(F)(F)F)nc2)nc[nH]1. The van der Waals surface area contributed by atoms with Gasteiger partial charge in [-0.2, -0.15) is 13.2 Å². The molecule has 22 heavy (non-hydrogen) atoms. The molecule has 0 unspecified atom stereocenters. The van der Waals surface area contributed by atoms with Gasteiger partial charge >= 0.3 is 6.18 Å². The van der Waals surface area contributed by atoms with Gasteiger partial charge in [-0.3, -0.25) is 4.79 Å². The van der Waals surface area contributed by atoms with Crippen LogP contribution in [0, 0.1) is 0 Å². The lowest BCUT2D eigenvalue weighted by molar-refractivity contribution is -0.175. The molecule has 0 spiro atoms. The summed E-state index contributed by atoms with van der Waals surface area (Å²) in [4.78, 5) is 21.5. The van der Waals surface area contributed by atoms with Gasteiger partial charge < -0.3 is 14.5 Å². The van der Waals surface area contributed by atoms with Gasteiger partial charge in [0.05, 0.1) is 18.6 Å². The van der Waals surface area contributed by atoms with Crippen LogP contribution in [0.15, 0.2) is 35.5 Å². The summed E-state index contributed by atoms with van der Waals surface area (Å²) in [5.74, 6) is 0.240. The molecular formula is C13H12F3N3O3. The van der Waals surface area contributed by atoms with Crippen LogP contribution in [0.2, 0.25) is 0 Å². The first kappa shape index (κ1) is 16.0. The summed E-state index contributed by atoms with van der Waals surface area (Å²) in [5.41, 5.74) is 0.787. The van der Waals surface area contributed by atoms with E-state index in [1.165, 1.54) is 24.7 Å². The summed E-state index contributed by atoms with van der Waals surface area (Å²) in [6.07, 6.45) is -1.62. The van der Waals surface area contributed by atoms with E-state index in [-0.39, 0.29) is 24.7 Å². The number of H-pyrrole nitrogens is 1. The lowest BCUT2D eigenvalue weighted by Crippen LogP contribution is -2.19. The number of nitrogens with one attached hydrogen (secondary N) is 1. The van der Waals surface area contributed by atoms with Gasteiger partial charge in [-0.05, 0) is 6.07 Å². The second-order valence-electron chi connectivity index (χ2n) is 4.20. The lowest BCUT2D eigenvalue weighted by Gasteiger charge is -2.08. The minimum atomic E-state index is -4.35. The van der Waals surface area contributed by atoms with Gasteiger partial charge in [0.25, 0.3) is 5.56 Å². The normalized spacial score (nSPS) is 11.4. The van der Waals surface area contributed by atoms with Crippen LogP contribution in [0.5, 0.6) is 5.88 Å². The third-order valence-corrected chi connectivity index (χ3v) is 2.45. The minimum absolute atomic E-state index is 0.0499. The quantitative estimate of drug-likeness (QED) is 0.822. The van der Waals surface area contributed by atoms with Crippen molar-refractivity contribution < 1.29 is 22.6 Å². The van der Waals surface area contributed by atoms with Gasteiger partial charge in [0.15, 0.2) is 0 Å². The van der Waals surface area contributed by atoms with Crippen molar-refractivity contribution >= 4 is 0 Å². The van der Waals surface area contributed by atoms with Gasteiger partial charge in [0, 0.05) is 23.9 Å². The van der Waals surface area contributed by atoms with Crippen LogP contribution < -0.4 is 10.3 Å². The Morgan fingerprint density at radius 2 is 2.00 bits per heavy atom. The van der Waals surface area contributed by atoms with Crippen molar-refractivity contribution in [3.8, 4) is 17.1 Å². The monoisotopic (exact) mass is 315 g/mol. The van der Waals surface area contributed by atoms with E-state index in [1.807, 2.05) is 0 Å².